The van der Waals surface area contributed by atoms with Gasteiger partial charge >= 0.3 is 0 Å². The zero-order chi connectivity index (χ0) is 8.43. The summed E-state index contributed by atoms with van der Waals surface area (Å²) in [5, 5.41) is 0. The minimum absolute atomic E-state index is 0.461. The molecule has 0 saturated heterocycles. The van der Waals surface area contributed by atoms with Crippen molar-refractivity contribution in [2.45, 2.75) is 26.7 Å². The van der Waals surface area contributed by atoms with Gasteiger partial charge < -0.3 is 5.73 Å². The summed E-state index contributed by atoms with van der Waals surface area (Å²) in [6.45, 7) is 6.26. The summed E-state index contributed by atoms with van der Waals surface area (Å²) in [7, 11) is 0. The van der Waals surface area contributed by atoms with E-state index in [2.05, 4.69) is 24.9 Å². The minimum Gasteiger partial charge on any atom is -0.383 e. The average molecular weight is 150 g/mol. The van der Waals surface area contributed by atoms with Gasteiger partial charge in [-0.1, -0.05) is 19.9 Å². The lowest BCUT2D eigenvalue weighted by atomic mass is 10.0. The molecule has 0 radical (unpaired) electrons. The molecule has 11 heavy (non-hydrogen) atoms. The van der Waals surface area contributed by atoms with Gasteiger partial charge in [0.15, 0.2) is 0 Å². The van der Waals surface area contributed by atoms with Gasteiger partial charge in [-0.3, -0.25) is 0 Å². The second-order valence-corrected chi connectivity index (χ2v) is 3.14. The van der Waals surface area contributed by atoms with E-state index in [1.165, 1.54) is 5.56 Å². The Bertz CT molecular complexity index is 254. The first-order chi connectivity index (χ1) is 5.11. The van der Waals surface area contributed by atoms with Crippen LogP contribution in [-0.2, 0) is 0 Å². The SMILES string of the molecule is Cc1cnc(N)c(C(C)C)c1. The zero-order valence-electron chi connectivity index (χ0n) is 7.26. The summed E-state index contributed by atoms with van der Waals surface area (Å²) in [5.74, 6) is 1.12. The molecule has 0 atom stereocenters. The molecule has 2 nitrogen and oxygen atoms in total. The smallest absolute Gasteiger partial charge is 0.126 e. The zero-order valence-corrected chi connectivity index (χ0v) is 7.26. The highest BCUT2D eigenvalue weighted by Gasteiger charge is 2.03. The number of anilines is 1. The number of aryl methyl sites for hydroxylation is 1. The van der Waals surface area contributed by atoms with E-state index in [-0.39, 0.29) is 0 Å². The highest BCUT2D eigenvalue weighted by Crippen LogP contribution is 2.19. The van der Waals surface area contributed by atoms with Crippen LogP contribution in [0.15, 0.2) is 12.3 Å². The van der Waals surface area contributed by atoms with E-state index in [0.29, 0.717) is 11.7 Å². The van der Waals surface area contributed by atoms with Gasteiger partial charge in [-0.2, -0.15) is 0 Å². The molecular formula is C9H14N2. The number of hydrogen-bond donors (Lipinski definition) is 1. The van der Waals surface area contributed by atoms with Crippen molar-refractivity contribution in [2.24, 2.45) is 0 Å². The Balaban J connectivity index is 3.13. The Morgan fingerprint density at radius 2 is 2.09 bits per heavy atom. The summed E-state index contributed by atoms with van der Waals surface area (Å²) in [6.07, 6.45) is 1.79. The van der Waals surface area contributed by atoms with Gasteiger partial charge in [-0.25, -0.2) is 4.98 Å². The first kappa shape index (κ1) is 8.05. The normalized spacial score (nSPS) is 10.5. The largest absolute Gasteiger partial charge is 0.383 e. The van der Waals surface area contributed by atoms with Crippen molar-refractivity contribution in [1.29, 1.82) is 0 Å². The maximum atomic E-state index is 5.68. The molecule has 2 heteroatoms. The number of rotatable bonds is 1. The Morgan fingerprint density at radius 3 is 2.55 bits per heavy atom. The van der Waals surface area contributed by atoms with Gasteiger partial charge in [0.1, 0.15) is 5.82 Å². The second-order valence-electron chi connectivity index (χ2n) is 3.14. The Kier molecular flexibility index (Phi) is 2.13. The Hall–Kier alpha value is -1.05. The second kappa shape index (κ2) is 2.91. The molecule has 0 aromatic carbocycles. The molecule has 0 bridgehead atoms. The predicted molar refractivity (Wildman–Crippen MR) is 47.5 cm³/mol. The molecule has 1 heterocycles. The van der Waals surface area contributed by atoms with Crippen molar-refractivity contribution in [3.8, 4) is 0 Å². The van der Waals surface area contributed by atoms with Gasteiger partial charge in [-0.15, -0.1) is 0 Å². The van der Waals surface area contributed by atoms with Crippen molar-refractivity contribution in [3.05, 3.63) is 23.4 Å². The highest BCUT2D eigenvalue weighted by atomic mass is 14.8. The lowest BCUT2D eigenvalue weighted by Crippen LogP contribution is -1.99. The van der Waals surface area contributed by atoms with Gasteiger partial charge in [0.25, 0.3) is 0 Å². The van der Waals surface area contributed by atoms with Crippen molar-refractivity contribution in [2.75, 3.05) is 5.73 Å². The third-order valence-corrected chi connectivity index (χ3v) is 1.71. The fourth-order valence-corrected chi connectivity index (χ4v) is 1.06. The number of nitrogens with two attached hydrogens (primary N) is 1. The molecule has 0 fully saturated rings. The molecule has 0 aliphatic carbocycles. The molecular weight excluding hydrogens is 136 g/mol. The van der Waals surface area contributed by atoms with E-state index in [1.54, 1.807) is 6.20 Å². The molecule has 0 spiro atoms. The standard InChI is InChI=1S/C9H14N2/c1-6(2)8-4-7(3)5-11-9(8)10/h4-6H,1-3H3,(H2,10,11). The van der Waals surface area contributed by atoms with Gasteiger partial charge in [-0.05, 0) is 24.0 Å². The fraction of sp³-hybridized carbons (Fsp3) is 0.444. The molecule has 60 valence electrons. The molecule has 1 rings (SSSR count). The first-order valence-corrected chi connectivity index (χ1v) is 3.83. The average Bonchev–Trinajstić information content (AvgIpc) is 1.94. The van der Waals surface area contributed by atoms with Crippen molar-refractivity contribution in [3.63, 3.8) is 0 Å². The van der Waals surface area contributed by atoms with Crippen LogP contribution in [0.2, 0.25) is 0 Å². The fourth-order valence-electron chi connectivity index (χ4n) is 1.06. The third kappa shape index (κ3) is 1.70. The van der Waals surface area contributed by atoms with Crippen LogP contribution in [0.4, 0.5) is 5.82 Å². The van der Waals surface area contributed by atoms with Crippen LogP contribution in [0.5, 0.6) is 0 Å². The molecule has 1 aromatic rings. The van der Waals surface area contributed by atoms with E-state index >= 15 is 0 Å². The molecule has 0 aliphatic rings. The van der Waals surface area contributed by atoms with Crippen LogP contribution in [0.25, 0.3) is 0 Å². The van der Waals surface area contributed by atoms with Crippen molar-refractivity contribution < 1.29 is 0 Å². The minimum atomic E-state index is 0.461. The van der Waals surface area contributed by atoms with Crippen LogP contribution in [0.1, 0.15) is 30.9 Å². The van der Waals surface area contributed by atoms with Crippen molar-refractivity contribution in [1.82, 2.24) is 4.98 Å². The van der Waals surface area contributed by atoms with Gasteiger partial charge in [0.2, 0.25) is 0 Å². The number of nitrogen functional groups attached to an aromatic ring is 1. The van der Waals surface area contributed by atoms with Gasteiger partial charge in [0.05, 0.1) is 0 Å². The quantitative estimate of drug-likeness (QED) is 0.665. The van der Waals surface area contributed by atoms with E-state index in [4.69, 9.17) is 5.73 Å². The molecule has 0 saturated carbocycles. The van der Waals surface area contributed by atoms with Gasteiger partial charge in [0, 0.05) is 6.20 Å². The summed E-state index contributed by atoms with van der Waals surface area (Å²) >= 11 is 0. The lowest BCUT2D eigenvalue weighted by Gasteiger charge is -2.08. The van der Waals surface area contributed by atoms with E-state index < -0.39 is 0 Å². The predicted octanol–water partition coefficient (Wildman–Crippen LogP) is 2.10. The maximum Gasteiger partial charge on any atom is 0.126 e. The summed E-state index contributed by atoms with van der Waals surface area (Å²) < 4.78 is 0. The highest BCUT2D eigenvalue weighted by molar-refractivity contribution is 5.42. The topological polar surface area (TPSA) is 38.9 Å². The Morgan fingerprint density at radius 1 is 1.45 bits per heavy atom. The molecule has 0 unspecified atom stereocenters. The third-order valence-electron chi connectivity index (χ3n) is 1.71. The molecule has 2 N–H and O–H groups in total. The van der Waals surface area contributed by atoms with Crippen LogP contribution >= 0.6 is 0 Å². The molecule has 0 aliphatic heterocycles. The Labute approximate surface area is 67.5 Å². The number of hydrogen-bond acceptors (Lipinski definition) is 2. The van der Waals surface area contributed by atoms with Crippen LogP contribution in [0, 0.1) is 6.92 Å². The molecule has 1 aromatic heterocycles. The summed E-state index contributed by atoms with van der Waals surface area (Å²) in [5.41, 5.74) is 7.99. The van der Waals surface area contributed by atoms with Crippen molar-refractivity contribution >= 4 is 5.82 Å². The summed E-state index contributed by atoms with van der Waals surface area (Å²) in [6, 6.07) is 2.09. The summed E-state index contributed by atoms with van der Waals surface area (Å²) in [4.78, 5) is 4.08. The maximum absolute atomic E-state index is 5.68. The van der Waals surface area contributed by atoms with Crippen LogP contribution in [-0.4, -0.2) is 4.98 Å². The first-order valence-electron chi connectivity index (χ1n) is 3.83. The van der Waals surface area contributed by atoms with Crippen LogP contribution in [0.3, 0.4) is 0 Å². The number of pyridine rings is 1. The van der Waals surface area contributed by atoms with E-state index in [1.807, 2.05) is 6.92 Å². The monoisotopic (exact) mass is 150 g/mol. The molecule has 0 amide bonds. The van der Waals surface area contributed by atoms with E-state index in [9.17, 15) is 0 Å². The number of aromatic nitrogens is 1. The van der Waals surface area contributed by atoms with Crippen LogP contribution < -0.4 is 5.73 Å². The number of nitrogens with zero attached hydrogens (tertiary/aromatic N) is 1. The van der Waals surface area contributed by atoms with E-state index in [0.717, 1.165) is 5.56 Å². The lowest BCUT2D eigenvalue weighted by molar-refractivity contribution is 0.860.